The Hall–Kier alpha value is -1.88. The lowest BCUT2D eigenvalue weighted by molar-refractivity contribution is -0.117. The monoisotopic (exact) mass is 300 g/mol. The molecule has 2 aromatic rings. The molecule has 1 amide bonds. The molecule has 1 unspecified atom stereocenters. The Bertz CT molecular complexity index is 696. The lowest BCUT2D eigenvalue weighted by Crippen LogP contribution is -2.25. The fourth-order valence-electron chi connectivity index (χ4n) is 2.68. The van der Waals surface area contributed by atoms with Crippen LogP contribution in [0.3, 0.4) is 0 Å². The molecular weight excluding hydrogens is 284 g/mol. The van der Waals surface area contributed by atoms with Crippen molar-refractivity contribution in [1.82, 2.24) is 4.98 Å². The molecule has 0 aliphatic carbocycles. The lowest BCUT2D eigenvalue weighted by Gasteiger charge is -2.18. The normalized spacial score (nSPS) is 18.4. The Morgan fingerprint density at radius 3 is 3.00 bits per heavy atom. The van der Waals surface area contributed by atoms with Crippen LogP contribution in [0.2, 0.25) is 0 Å². The van der Waals surface area contributed by atoms with Gasteiger partial charge in [0.15, 0.2) is 5.12 Å². The summed E-state index contributed by atoms with van der Waals surface area (Å²) in [6, 6.07) is 9.72. The quantitative estimate of drug-likeness (QED) is 0.874. The summed E-state index contributed by atoms with van der Waals surface area (Å²) in [6.45, 7) is 2.24. The highest BCUT2D eigenvalue weighted by molar-refractivity contribution is 8.13. The maximum Gasteiger partial charge on any atom is 0.227 e. The molecule has 0 saturated carbocycles. The van der Waals surface area contributed by atoms with Crippen LogP contribution in [-0.2, 0) is 9.59 Å². The summed E-state index contributed by atoms with van der Waals surface area (Å²) in [5, 5.41) is 1.10. The number of benzene rings is 1. The standard InChI is InChI=1S/C16H16N2O2S/c1-11(19)21-10-12-8-16(20)18(9-12)15-6-7-17-14-5-3-2-4-13(14)15/h2-7,12H,8-10H2,1H3. The van der Waals surface area contributed by atoms with Gasteiger partial charge in [-0.15, -0.1) is 0 Å². The van der Waals surface area contributed by atoms with E-state index in [-0.39, 0.29) is 16.9 Å². The number of hydrogen-bond donors (Lipinski definition) is 0. The van der Waals surface area contributed by atoms with E-state index in [2.05, 4.69) is 4.98 Å². The van der Waals surface area contributed by atoms with Crippen molar-refractivity contribution in [2.75, 3.05) is 17.2 Å². The minimum Gasteiger partial charge on any atom is -0.311 e. The minimum atomic E-state index is 0.107. The number of carbonyl (C=O) groups excluding carboxylic acids is 2. The topological polar surface area (TPSA) is 50.3 Å². The molecular formula is C16H16N2O2S. The number of hydrogen-bond acceptors (Lipinski definition) is 4. The third-order valence-corrected chi connectivity index (χ3v) is 4.69. The summed E-state index contributed by atoms with van der Waals surface area (Å²) in [5.74, 6) is 1.07. The van der Waals surface area contributed by atoms with Gasteiger partial charge in [0.1, 0.15) is 0 Å². The van der Waals surface area contributed by atoms with Crippen LogP contribution in [0.15, 0.2) is 36.5 Å². The van der Waals surface area contributed by atoms with E-state index in [4.69, 9.17) is 0 Å². The van der Waals surface area contributed by atoms with Gasteiger partial charge in [0, 0.05) is 37.2 Å². The molecule has 3 rings (SSSR count). The predicted molar refractivity (Wildman–Crippen MR) is 85.3 cm³/mol. The maximum atomic E-state index is 12.3. The Morgan fingerprint density at radius 1 is 1.38 bits per heavy atom. The smallest absolute Gasteiger partial charge is 0.227 e. The van der Waals surface area contributed by atoms with Crippen molar-refractivity contribution in [2.24, 2.45) is 5.92 Å². The van der Waals surface area contributed by atoms with Crippen LogP contribution < -0.4 is 4.90 Å². The largest absolute Gasteiger partial charge is 0.311 e. The van der Waals surface area contributed by atoms with Gasteiger partial charge in [-0.2, -0.15) is 0 Å². The predicted octanol–water partition coefficient (Wildman–Crippen LogP) is 2.87. The van der Waals surface area contributed by atoms with Crippen molar-refractivity contribution < 1.29 is 9.59 Å². The van der Waals surface area contributed by atoms with Gasteiger partial charge in [0.05, 0.1) is 11.2 Å². The van der Waals surface area contributed by atoms with Crippen LogP contribution in [-0.4, -0.2) is 28.3 Å². The van der Waals surface area contributed by atoms with E-state index < -0.39 is 0 Å². The van der Waals surface area contributed by atoms with Crippen LogP contribution in [0.5, 0.6) is 0 Å². The van der Waals surface area contributed by atoms with E-state index in [1.165, 1.54) is 11.8 Å². The van der Waals surface area contributed by atoms with E-state index in [0.717, 1.165) is 16.6 Å². The van der Waals surface area contributed by atoms with Crippen LogP contribution in [0, 0.1) is 5.92 Å². The number of amides is 1. The zero-order valence-electron chi connectivity index (χ0n) is 11.8. The maximum absolute atomic E-state index is 12.3. The number of aromatic nitrogens is 1. The molecule has 4 nitrogen and oxygen atoms in total. The van der Waals surface area contributed by atoms with E-state index >= 15 is 0 Å². The second-order valence-electron chi connectivity index (χ2n) is 5.22. The molecule has 1 aromatic carbocycles. The third-order valence-electron chi connectivity index (χ3n) is 3.64. The fraction of sp³-hybridized carbons (Fsp3) is 0.312. The second-order valence-corrected chi connectivity index (χ2v) is 6.42. The van der Waals surface area contributed by atoms with E-state index in [9.17, 15) is 9.59 Å². The van der Waals surface area contributed by atoms with Crippen molar-refractivity contribution in [1.29, 1.82) is 0 Å². The molecule has 108 valence electrons. The van der Waals surface area contributed by atoms with Crippen molar-refractivity contribution in [3.63, 3.8) is 0 Å². The van der Waals surface area contributed by atoms with Crippen molar-refractivity contribution in [3.8, 4) is 0 Å². The first-order chi connectivity index (χ1) is 10.1. The average Bonchev–Trinajstić information content (AvgIpc) is 2.85. The number of fused-ring (bicyclic) bond motifs is 1. The third kappa shape index (κ3) is 2.93. The van der Waals surface area contributed by atoms with E-state index in [0.29, 0.717) is 18.7 Å². The van der Waals surface area contributed by atoms with E-state index in [1.54, 1.807) is 13.1 Å². The highest BCUT2D eigenvalue weighted by atomic mass is 32.2. The molecule has 0 spiro atoms. The molecule has 1 atom stereocenters. The van der Waals surface area contributed by atoms with Gasteiger partial charge < -0.3 is 4.90 Å². The summed E-state index contributed by atoms with van der Waals surface area (Å²) in [4.78, 5) is 29.5. The number of nitrogens with zero attached hydrogens (tertiary/aromatic N) is 2. The van der Waals surface area contributed by atoms with Gasteiger partial charge in [-0.1, -0.05) is 30.0 Å². The van der Waals surface area contributed by atoms with Gasteiger partial charge in [0.25, 0.3) is 0 Å². The molecule has 21 heavy (non-hydrogen) atoms. The Balaban J connectivity index is 1.86. The number of pyridine rings is 1. The summed E-state index contributed by atoms with van der Waals surface area (Å²) in [6.07, 6.45) is 2.25. The number of thioether (sulfide) groups is 1. The van der Waals surface area contributed by atoms with Crippen LogP contribution >= 0.6 is 11.8 Å². The summed E-state index contributed by atoms with van der Waals surface area (Å²) < 4.78 is 0. The first-order valence-corrected chi connectivity index (χ1v) is 7.91. The first kappa shape index (κ1) is 14.1. The van der Waals surface area contributed by atoms with Crippen LogP contribution in [0.25, 0.3) is 10.9 Å². The molecule has 0 bridgehead atoms. The molecule has 2 heterocycles. The molecule has 0 N–H and O–H groups in total. The molecule has 0 radical (unpaired) electrons. The number of rotatable bonds is 3. The zero-order valence-corrected chi connectivity index (χ0v) is 12.6. The van der Waals surface area contributed by atoms with Gasteiger partial charge in [-0.3, -0.25) is 14.6 Å². The molecule has 1 aliphatic heterocycles. The molecule has 1 aromatic heterocycles. The van der Waals surface area contributed by atoms with Gasteiger partial charge in [-0.05, 0) is 18.1 Å². The molecule has 1 fully saturated rings. The number of anilines is 1. The Labute approximate surface area is 127 Å². The second kappa shape index (κ2) is 5.85. The highest BCUT2D eigenvalue weighted by Crippen LogP contribution is 2.31. The van der Waals surface area contributed by atoms with Crippen molar-refractivity contribution in [3.05, 3.63) is 36.5 Å². The summed E-state index contributed by atoms with van der Waals surface area (Å²) >= 11 is 1.30. The summed E-state index contributed by atoms with van der Waals surface area (Å²) in [5.41, 5.74) is 1.81. The van der Waals surface area contributed by atoms with Crippen molar-refractivity contribution in [2.45, 2.75) is 13.3 Å². The van der Waals surface area contributed by atoms with Crippen LogP contribution in [0.4, 0.5) is 5.69 Å². The van der Waals surface area contributed by atoms with Gasteiger partial charge >= 0.3 is 0 Å². The number of para-hydroxylation sites is 1. The van der Waals surface area contributed by atoms with Gasteiger partial charge in [-0.25, -0.2) is 0 Å². The average molecular weight is 300 g/mol. The van der Waals surface area contributed by atoms with E-state index in [1.807, 2.05) is 35.2 Å². The Morgan fingerprint density at radius 2 is 2.19 bits per heavy atom. The molecule has 5 heteroatoms. The lowest BCUT2D eigenvalue weighted by atomic mass is 10.1. The summed E-state index contributed by atoms with van der Waals surface area (Å²) in [7, 11) is 0. The Kier molecular flexibility index (Phi) is 3.92. The molecule has 1 saturated heterocycles. The van der Waals surface area contributed by atoms with Gasteiger partial charge in [0.2, 0.25) is 5.91 Å². The number of carbonyl (C=O) groups is 2. The zero-order chi connectivity index (χ0) is 14.8. The fourth-order valence-corrected chi connectivity index (χ4v) is 3.37. The minimum absolute atomic E-state index is 0.107. The molecule has 1 aliphatic rings. The van der Waals surface area contributed by atoms with Crippen molar-refractivity contribution >= 4 is 39.4 Å². The SMILES string of the molecule is CC(=O)SCC1CC(=O)N(c2ccnc3ccccc23)C1. The first-order valence-electron chi connectivity index (χ1n) is 6.92. The van der Waals surface area contributed by atoms with Crippen LogP contribution in [0.1, 0.15) is 13.3 Å². The highest BCUT2D eigenvalue weighted by Gasteiger charge is 2.31.